The molecule has 0 unspecified atom stereocenters. The summed E-state index contributed by atoms with van der Waals surface area (Å²) in [5.41, 5.74) is 11.1. The largest absolute Gasteiger partial charge is 0.456 e. The second-order valence-electron chi connectivity index (χ2n) is 14.4. The van der Waals surface area contributed by atoms with Gasteiger partial charge in [0, 0.05) is 49.1 Å². The Morgan fingerprint density at radius 1 is 0.368 bits per heavy atom. The van der Waals surface area contributed by atoms with Gasteiger partial charge in [0.05, 0.1) is 22.1 Å². The van der Waals surface area contributed by atoms with Gasteiger partial charge in [-0.2, -0.15) is 9.97 Å². The number of rotatable bonds is 5. The van der Waals surface area contributed by atoms with Crippen LogP contribution in [0.25, 0.3) is 111 Å². The highest BCUT2D eigenvalue weighted by atomic mass is 16.3. The monoisotopic (exact) mass is 729 g/mol. The summed E-state index contributed by atoms with van der Waals surface area (Å²) in [5, 5.41) is 6.69. The molecule has 0 N–H and O–H groups in total. The summed E-state index contributed by atoms with van der Waals surface area (Å²) in [4.78, 5) is 15.9. The summed E-state index contributed by atoms with van der Waals surface area (Å²) in [7, 11) is 0. The number of nitrogens with zero attached hydrogens (tertiary/aromatic N) is 5. The van der Waals surface area contributed by atoms with E-state index < -0.39 is 0 Å². The van der Waals surface area contributed by atoms with E-state index in [1.165, 1.54) is 0 Å². The predicted molar refractivity (Wildman–Crippen MR) is 232 cm³/mol. The van der Waals surface area contributed by atoms with E-state index in [2.05, 4.69) is 155 Å². The van der Waals surface area contributed by atoms with Crippen molar-refractivity contribution in [1.82, 2.24) is 24.1 Å². The van der Waals surface area contributed by atoms with Crippen LogP contribution in [0.1, 0.15) is 0 Å². The van der Waals surface area contributed by atoms with Crippen molar-refractivity contribution < 1.29 is 4.42 Å². The number of para-hydroxylation sites is 4. The summed E-state index contributed by atoms with van der Waals surface area (Å²) in [6.45, 7) is 0. The molecule has 6 nitrogen and oxygen atoms in total. The Morgan fingerprint density at radius 2 is 0.930 bits per heavy atom. The van der Waals surface area contributed by atoms with Crippen LogP contribution in [0.2, 0.25) is 0 Å². The topological polar surface area (TPSA) is 61.7 Å². The molecule has 0 radical (unpaired) electrons. The smallest absolute Gasteiger partial charge is 0.238 e. The number of furan rings is 1. The van der Waals surface area contributed by atoms with Crippen molar-refractivity contribution >= 4 is 65.6 Å². The van der Waals surface area contributed by atoms with E-state index >= 15 is 0 Å². The van der Waals surface area contributed by atoms with Crippen molar-refractivity contribution in [2.75, 3.05) is 0 Å². The van der Waals surface area contributed by atoms with Gasteiger partial charge in [-0.3, -0.25) is 4.57 Å². The highest BCUT2D eigenvalue weighted by Gasteiger charge is 2.26. The lowest BCUT2D eigenvalue weighted by molar-refractivity contribution is 0.669. The fourth-order valence-electron chi connectivity index (χ4n) is 8.69. The average Bonchev–Trinajstić information content (AvgIpc) is 3.94. The molecule has 12 aromatic rings. The van der Waals surface area contributed by atoms with Crippen molar-refractivity contribution in [2.24, 2.45) is 0 Å². The zero-order valence-corrected chi connectivity index (χ0v) is 30.5. The van der Waals surface area contributed by atoms with E-state index in [-0.39, 0.29) is 0 Å². The molecule has 0 aliphatic heterocycles. The third-order valence-electron chi connectivity index (χ3n) is 11.2. The van der Waals surface area contributed by atoms with Crippen LogP contribution in [-0.4, -0.2) is 24.1 Å². The van der Waals surface area contributed by atoms with Gasteiger partial charge in [-0.1, -0.05) is 140 Å². The summed E-state index contributed by atoms with van der Waals surface area (Å²) < 4.78 is 11.0. The molecule has 57 heavy (non-hydrogen) atoms. The minimum atomic E-state index is 0.540. The minimum Gasteiger partial charge on any atom is -0.456 e. The fraction of sp³-hybridized carbons (Fsp3) is 0. The van der Waals surface area contributed by atoms with Crippen LogP contribution in [0.5, 0.6) is 0 Å². The van der Waals surface area contributed by atoms with E-state index in [4.69, 9.17) is 19.4 Å². The number of hydrogen-bond acceptors (Lipinski definition) is 4. The fourth-order valence-corrected chi connectivity index (χ4v) is 8.69. The third kappa shape index (κ3) is 4.81. The lowest BCUT2D eigenvalue weighted by atomic mass is 9.97. The first-order chi connectivity index (χ1) is 28.3. The van der Waals surface area contributed by atoms with Gasteiger partial charge in [0.25, 0.3) is 0 Å². The molecule has 0 fully saturated rings. The summed E-state index contributed by atoms with van der Waals surface area (Å²) in [5.74, 6) is 1.69. The van der Waals surface area contributed by atoms with Crippen LogP contribution >= 0.6 is 0 Å². The Bertz CT molecular complexity index is 3510. The zero-order valence-electron chi connectivity index (χ0n) is 30.5. The van der Waals surface area contributed by atoms with Crippen LogP contribution < -0.4 is 0 Å². The normalized spacial score (nSPS) is 11.9. The molecule has 4 heterocycles. The lowest BCUT2D eigenvalue weighted by Gasteiger charge is -2.13. The van der Waals surface area contributed by atoms with Gasteiger partial charge in [0.15, 0.2) is 11.6 Å². The third-order valence-corrected chi connectivity index (χ3v) is 11.2. The van der Waals surface area contributed by atoms with Gasteiger partial charge in [-0.15, -0.1) is 0 Å². The second-order valence-corrected chi connectivity index (χ2v) is 14.4. The molecule has 4 aromatic heterocycles. The maximum atomic E-state index is 6.35. The van der Waals surface area contributed by atoms with Crippen LogP contribution in [-0.2, 0) is 0 Å². The second kappa shape index (κ2) is 12.3. The molecule has 0 aliphatic carbocycles. The Kier molecular flexibility index (Phi) is 6.83. The van der Waals surface area contributed by atoms with Crippen molar-refractivity contribution in [3.63, 3.8) is 0 Å². The number of hydrogen-bond donors (Lipinski definition) is 0. The molecule has 266 valence electrons. The molecule has 0 atom stereocenters. The highest BCUT2D eigenvalue weighted by Crippen LogP contribution is 2.46. The van der Waals surface area contributed by atoms with Gasteiger partial charge >= 0.3 is 0 Å². The van der Waals surface area contributed by atoms with E-state index in [1.807, 2.05) is 42.5 Å². The molecular formula is C51H31N5O. The standard InChI is InChI=1S/C51H31N5O/c1-4-16-32(17-5-1)40-31-43-47(39-24-11-13-25-41(39)55(43)35-20-8-3-9-21-35)48-46(40)38-23-10-14-26-42(38)56(48)51-53-49(33-18-6-2-7-19-33)52-50(54-51)34-28-29-37-36-22-12-15-27-44(36)57-45(37)30-34/h1-31H. The Labute approximate surface area is 326 Å². The summed E-state index contributed by atoms with van der Waals surface area (Å²) in [6.07, 6.45) is 0. The highest BCUT2D eigenvalue weighted by molar-refractivity contribution is 6.29. The molecular weight excluding hydrogens is 699 g/mol. The molecule has 0 amide bonds. The van der Waals surface area contributed by atoms with Crippen LogP contribution in [0.3, 0.4) is 0 Å². The molecule has 0 aliphatic rings. The lowest BCUT2D eigenvalue weighted by Crippen LogP contribution is -2.06. The van der Waals surface area contributed by atoms with Crippen molar-refractivity contribution in [2.45, 2.75) is 0 Å². The zero-order chi connectivity index (χ0) is 37.5. The van der Waals surface area contributed by atoms with Crippen molar-refractivity contribution in [1.29, 1.82) is 0 Å². The Morgan fingerprint density at radius 3 is 1.67 bits per heavy atom. The van der Waals surface area contributed by atoms with Gasteiger partial charge in [0.2, 0.25) is 5.95 Å². The van der Waals surface area contributed by atoms with E-state index in [1.54, 1.807) is 0 Å². The quantitative estimate of drug-likeness (QED) is 0.177. The van der Waals surface area contributed by atoms with E-state index in [0.717, 1.165) is 93.5 Å². The minimum absolute atomic E-state index is 0.540. The first-order valence-corrected chi connectivity index (χ1v) is 19.1. The molecule has 0 saturated heterocycles. The van der Waals surface area contributed by atoms with Gasteiger partial charge < -0.3 is 8.98 Å². The SMILES string of the molecule is c1ccc(-c2nc(-c3ccc4c(c3)oc3ccccc34)nc(-n3c4ccccc4c4c(-c5ccccc5)cc5c(c6ccccc6n5-c5ccccc5)c43)n2)cc1. The van der Waals surface area contributed by atoms with E-state index in [0.29, 0.717) is 17.6 Å². The number of fused-ring (bicyclic) bond motifs is 10. The molecule has 12 rings (SSSR count). The van der Waals surface area contributed by atoms with Crippen molar-refractivity contribution in [3.05, 3.63) is 188 Å². The first-order valence-electron chi connectivity index (χ1n) is 19.1. The van der Waals surface area contributed by atoms with Gasteiger partial charge in [-0.05, 0) is 59.7 Å². The summed E-state index contributed by atoms with van der Waals surface area (Å²) >= 11 is 0. The van der Waals surface area contributed by atoms with Gasteiger partial charge in [0.1, 0.15) is 11.2 Å². The van der Waals surface area contributed by atoms with Gasteiger partial charge in [-0.25, -0.2) is 4.98 Å². The Hall–Kier alpha value is -7.83. The van der Waals surface area contributed by atoms with Crippen LogP contribution in [0.15, 0.2) is 192 Å². The maximum absolute atomic E-state index is 6.35. The molecule has 0 saturated carbocycles. The number of benzene rings is 8. The molecule has 8 aromatic carbocycles. The number of aromatic nitrogens is 5. The molecule has 0 bridgehead atoms. The van der Waals surface area contributed by atoms with Crippen molar-refractivity contribution in [3.8, 4) is 45.5 Å². The average molecular weight is 730 g/mol. The van der Waals surface area contributed by atoms with Crippen LogP contribution in [0.4, 0.5) is 0 Å². The van der Waals surface area contributed by atoms with Crippen LogP contribution in [0, 0.1) is 0 Å². The molecule has 6 heteroatoms. The van der Waals surface area contributed by atoms with E-state index in [9.17, 15) is 0 Å². The Balaban J connectivity index is 1.24. The molecule has 0 spiro atoms. The first kappa shape index (κ1) is 31.5. The maximum Gasteiger partial charge on any atom is 0.238 e. The predicted octanol–water partition coefficient (Wildman–Crippen LogP) is 13.0. The summed E-state index contributed by atoms with van der Waals surface area (Å²) in [6, 6.07) is 65.5.